The van der Waals surface area contributed by atoms with Crippen LogP contribution >= 0.6 is 0 Å². The third-order valence-electron chi connectivity index (χ3n) is 7.57. The van der Waals surface area contributed by atoms with Crippen LogP contribution in [0, 0.1) is 24.2 Å². The van der Waals surface area contributed by atoms with E-state index in [-0.39, 0.29) is 17.2 Å². The summed E-state index contributed by atoms with van der Waals surface area (Å²) in [6, 6.07) is 3.62. The number of carbonyl (C=O) groups is 1. The van der Waals surface area contributed by atoms with Crippen LogP contribution in [-0.2, 0) is 4.74 Å². The Morgan fingerprint density at radius 1 is 1.27 bits per heavy atom. The van der Waals surface area contributed by atoms with Crippen LogP contribution in [0.2, 0.25) is 0 Å². The summed E-state index contributed by atoms with van der Waals surface area (Å²) in [7, 11) is 0. The molecule has 4 saturated carbocycles. The van der Waals surface area contributed by atoms with Crippen molar-refractivity contribution in [2.45, 2.75) is 77.4 Å². The van der Waals surface area contributed by atoms with E-state index in [0.717, 1.165) is 50.6 Å². The molecule has 4 fully saturated rings. The summed E-state index contributed by atoms with van der Waals surface area (Å²) in [6.07, 6.45) is 6.51. The largest absolute Gasteiger partial charge is 0.461 e. The monoisotopic (exact) mass is 454 g/mol. The molecule has 6 rings (SSSR count). The van der Waals surface area contributed by atoms with E-state index in [4.69, 9.17) is 4.74 Å². The molecule has 178 valence electrons. The molecule has 9 heteroatoms. The van der Waals surface area contributed by atoms with Crippen molar-refractivity contribution in [1.29, 1.82) is 0 Å². The molecule has 2 aromatic heterocycles. The van der Waals surface area contributed by atoms with Crippen molar-refractivity contribution in [2.75, 3.05) is 17.2 Å². The van der Waals surface area contributed by atoms with E-state index in [0.29, 0.717) is 36.0 Å². The Labute approximate surface area is 194 Å². The molecule has 0 saturated heterocycles. The maximum Gasteiger partial charge on any atom is 0.357 e. The first kappa shape index (κ1) is 22.1. The molecule has 0 spiro atoms. The Hall–Kier alpha value is -2.68. The zero-order chi connectivity index (χ0) is 23.2. The maximum absolute atomic E-state index is 12.7. The quantitative estimate of drug-likeness (QED) is 0.349. The highest BCUT2D eigenvalue weighted by Gasteiger charge is 2.60. The second-order valence-electron chi connectivity index (χ2n) is 10.7. The Morgan fingerprint density at radius 2 is 2.12 bits per heavy atom. The van der Waals surface area contributed by atoms with Gasteiger partial charge in [0.1, 0.15) is 5.82 Å². The number of carbonyl (C=O) groups excluding carboxylic acids is 1. The summed E-state index contributed by atoms with van der Waals surface area (Å²) in [6.45, 7) is 6.60. The van der Waals surface area contributed by atoms with Gasteiger partial charge in [-0.25, -0.2) is 9.78 Å². The molecule has 4 bridgehead atoms. The average Bonchev–Trinajstić information content (AvgIpc) is 3.13. The number of H-pyrrole nitrogens is 1. The van der Waals surface area contributed by atoms with Crippen molar-refractivity contribution in [3.8, 4) is 0 Å². The van der Waals surface area contributed by atoms with E-state index in [1.807, 2.05) is 13.0 Å². The lowest BCUT2D eigenvalue weighted by Crippen LogP contribution is -2.63. The van der Waals surface area contributed by atoms with Gasteiger partial charge in [0.25, 0.3) is 0 Å². The minimum atomic E-state index is -0.533. The number of nitrogens with zero attached hydrogens (tertiary/aromatic N) is 3. The van der Waals surface area contributed by atoms with E-state index in [2.05, 4.69) is 44.6 Å². The lowest BCUT2D eigenvalue weighted by atomic mass is 9.46. The van der Waals surface area contributed by atoms with Crippen molar-refractivity contribution >= 4 is 23.6 Å². The number of ether oxygens (including phenoxy) is 1. The fourth-order valence-corrected chi connectivity index (χ4v) is 6.65. The number of aromatic amines is 1. The summed E-state index contributed by atoms with van der Waals surface area (Å²) < 4.78 is 5.41. The van der Waals surface area contributed by atoms with Crippen LogP contribution in [0.5, 0.6) is 0 Å². The van der Waals surface area contributed by atoms with E-state index in [1.165, 1.54) is 0 Å². The topological polar surface area (TPSA) is 125 Å². The van der Waals surface area contributed by atoms with Gasteiger partial charge in [-0.2, -0.15) is 10.1 Å². The van der Waals surface area contributed by atoms with Crippen LogP contribution < -0.4 is 10.6 Å². The number of aryl methyl sites for hydroxylation is 1. The van der Waals surface area contributed by atoms with Crippen molar-refractivity contribution in [2.24, 2.45) is 17.3 Å². The zero-order valence-electron chi connectivity index (χ0n) is 19.6. The maximum atomic E-state index is 12.7. The Kier molecular flexibility index (Phi) is 5.55. The molecule has 5 unspecified atom stereocenters. The Morgan fingerprint density at radius 3 is 2.82 bits per heavy atom. The van der Waals surface area contributed by atoms with Crippen LogP contribution in [-0.4, -0.2) is 49.5 Å². The molecular formula is C24H34N6O3. The second-order valence-corrected chi connectivity index (χ2v) is 10.7. The van der Waals surface area contributed by atoms with Gasteiger partial charge in [-0.1, -0.05) is 20.3 Å². The Balaban J connectivity index is 1.41. The number of esters is 1. The van der Waals surface area contributed by atoms with E-state index in [1.54, 1.807) is 6.07 Å². The third-order valence-corrected chi connectivity index (χ3v) is 7.57. The molecule has 0 radical (unpaired) electrons. The highest BCUT2D eigenvalue weighted by Crippen LogP contribution is 2.61. The fraction of sp³-hybridized carbons (Fsp3) is 0.667. The van der Waals surface area contributed by atoms with Gasteiger partial charge >= 0.3 is 5.97 Å². The van der Waals surface area contributed by atoms with Gasteiger partial charge < -0.3 is 20.5 Å². The summed E-state index contributed by atoms with van der Waals surface area (Å²) in [4.78, 5) is 21.9. The normalized spacial score (nSPS) is 32.1. The molecule has 0 amide bonds. The summed E-state index contributed by atoms with van der Waals surface area (Å²) >= 11 is 0. The van der Waals surface area contributed by atoms with Gasteiger partial charge in [0.2, 0.25) is 5.95 Å². The van der Waals surface area contributed by atoms with Crippen LogP contribution in [0.15, 0.2) is 12.1 Å². The summed E-state index contributed by atoms with van der Waals surface area (Å²) in [5, 5.41) is 24.9. The van der Waals surface area contributed by atoms with E-state index >= 15 is 0 Å². The molecule has 0 aromatic carbocycles. The molecule has 9 nitrogen and oxygen atoms in total. The standard InChI is InChI=1S/C24H34N6O3/c1-4-5-6-33-21(31)17-9-18(26-19-7-14(2)29-30-19)27-22(25-17)28-20-16-8-15-10-23(20,3)13-24(32,11-15)12-16/h7,9,15-16,20,32H,4-6,8,10-13H2,1-3H3,(H3,25,26,27,28,29,30). The fourth-order valence-electron chi connectivity index (χ4n) is 6.65. The number of rotatable bonds is 8. The molecular weight excluding hydrogens is 420 g/mol. The molecule has 0 aliphatic heterocycles. The minimum absolute atomic E-state index is 0.0211. The van der Waals surface area contributed by atoms with Crippen LogP contribution in [0.3, 0.4) is 0 Å². The highest BCUT2D eigenvalue weighted by molar-refractivity contribution is 5.88. The average molecular weight is 455 g/mol. The number of aliphatic hydroxyl groups is 1. The highest BCUT2D eigenvalue weighted by atomic mass is 16.5. The number of hydrogen-bond acceptors (Lipinski definition) is 8. The molecule has 33 heavy (non-hydrogen) atoms. The van der Waals surface area contributed by atoms with Gasteiger partial charge in [0.15, 0.2) is 11.5 Å². The minimum Gasteiger partial charge on any atom is -0.461 e. The number of hydrogen-bond donors (Lipinski definition) is 4. The molecule has 4 aliphatic carbocycles. The molecule has 4 aliphatic rings. The third kappa shape index (κ3) is 4.43. The van der Waals surface area contributed by atoms with Crippen LogP contribution in [0.1, 0.15) is 75.0 Å². The van der Waals surface area contributed by atoms with Crippen LogP contribution in [0.25, 0.3) is 0 Å². The summed E-state index contributed by atoms with van der Waals surface area (Å²) in [5.74, 6) is 2.00. The number of aromatic nitrogens is 4. The van der Waals surface area contributed by atoms with E-state index in [9.17, 15) is 9.90 Å². The predicted octanol–water partition coefficient (Wildman–Crippen LogP) is 3.95. The molecule has 5 atom stereocenters. The lowest BCUT2D eigenvalue weighted by molar-refractivity contribution is -0.163. The van der Waals surface area contributed by atoms with E-state index < -0.39 is 11.6 Å². The first-order valence-electron chi connectivity index (χ1n) is 12.1. The first-order valence-corrected chi connectivity index (χ1v) is 12.1. The smallest absolute Gasteiger partial charge is 0.357 e. The van der Waals surface area contributed by atoms with Gasteiger partial charge in [-0.3, -0.25) is 5.10 Å². The van der Waals surface area contributed by atoms with Crippen molar-refractivity contribution in [3.63, 3.8) is 0 Å². The number of nitrogens with one attached hydrogen (secondary N) is 3. The van der Waals surface area contributed by atoms with Crippen molar-refractivity contribution < 1.29 is 14.6 Å². The second kappa shape index (κ2) is 8.27. The van der Waals surface area contributed by atoms with Gasteiger partial charge in [-0.05, 0) is 62.7 Å². The summed E-state index contributed by atoms with van der Waals surface area (Å²) in [5.41, 5.74) is 0.580. The molecule has 2 aromatic rings. The number of anilines is 3. The van der Waals surface area contributed by atoms with Crippen molar-refractivity contribution in [1.82, 2.24) is 20.2 Å². The zero-order valence-corrected chi connectivity index (χ0v) is 19.6. The predicted molar refractivity (Wildman–Crippen MR) is 124 cm³/mol. The van der Waals surface area contributed by atoms with Crippen LogP contribution in [0.4, 0.5) is 17.6 Å². The van der Waals surface area contributed by atoms with Crippen molar-refractivity contribution in [3.05, 3.63) is 23.5 Å². The number of unbranched alkanes of at least 4 members (excludes halogenated alkanes) is 1. The lowest BCUT2D eigenvalue weighted by Gasteiger charge is -2.63. The molecule has 4 N–H and O–H groups in total. The Bertz CT molecular complexity index is 1040. The first-order chi connectivity index (χ1) is 15.7. The SMILES string of the molecule is CCCCOC(=O)c1cc(Nc2cc(C)[nH]n2)nc(NC2C3CC4CC(O)(C3)CC2(C)C4)n1. The molecule has 2 heterocycles. The van der Waals surface area contributed by atoms with Gasteiger partial charge in [0, 0.05) is 23.9 Å². The van der Waals surface area contributed by atoms with Gasteiger partial charge in [0.05, 0.1) is 12.2 Å². The van der Waals surface area contributed by atoms with Gasteiger partial charge in [-0.15, -0.1) is 0 Å².